The topological polar surface area (TPSA) is 111 Å². The second-order valence-electron chi connectivity index (χ2n) is 10.3. The van der Waals surface area contributed by atoms with Gasteiger partial charge in [-0.3, -0.25) is 9.69 Å². The summed E-state index contributed by atoms with van der Waals surface area (Å²) >= 11 is 6.48. The number of fused-ring (bicyclic) bond motifs is 3. The molecule has 4 aromatic rings. The van der Waals surface area contributed by atoms with Crippen molar-refractivity contribution in [3.05, 3.63) is 84.2 Å². The highest BCUT2D eigenvalue weighted by Gasteiger charge is 2.38. The number of halogens is 2. The average molecular weight is 605 g/mol. The van der Waals surface area contributed by atoms with Crippen molar-refractivity contribution in [1.29, 1.82) is 0 Å². The predicted molar refractivity (Wildman–Crippen MR) is 161 cm³/mol. The molecule has 2 aliphatic heterocycles. The third-order valence-corrected chi connectivity index (χ3v) is 7.68. The Morgan fingerprint density at radius 3 is 2.86 bits per heavy atom. The average Bonchev–Trinajstić information content (AvgIpc) is 3.63. The summed E-state index contributed by atoms with van der Waals surface area (Å²) in [7, 11) is 0. The molecule has 2 atom stereocenters. The third kappa shape index (κ3) is 6.85. The molecule has 0 radical (unpaired) electrons. The Bertz CT molecular complexity index is 1660. The molecule has 2 aromatic heterocycles. The lowest BCUT2D eigenvalue weighted by atomic mass is 10.1. The highest BCUT2D eigenvalue weighted by atomic mass is 35.5. The number of carbonyl (C=O) groups excluding carboxylic acids is 1. The minimum atomic E-state index is -0.574. The summed E-state index contributed by atoms with van der Waals surface area (Å²) in [6.45, 7) is 6.82. The lowest BCUT2D eigenvalue weighted by molar-refractivity contribution is -0.111. The van der Waals surface area contributed by atoms with Gasteiger partial charge in [0, 0.05) is 36.3 Å². The van der Waals surface area contributed by atoms with Gasteiger partial charge in [-0.25, -0.2) is 15.0 Å². The molecule has 2 bridgehead atoms. The Morgan fingerprint density at radius 1 is 1.19 bits per heavy atom. The van der Waals surface area contributed by atoms with E-state index in [1.54, 1.807) is 42.5 Å². The maximum Gasteiger partial charge on any atom is 0.247 e. The smallest absolute Gasteiger partial charge is 0.247 e. The second kappa shape index (κ2) is 12.9. The van der Waals surface area contributed by atoms with E-state index in [0.717, 1.165) is 32.5 Å². The summed E-state index contributed by atoms with van der Waals surface area (Å²) in [5.41, 5.74) is 2.21. The molecular formula is C31H30ClFN6O4. The van der Waals surface area contributed by atoms with E-state index in [9.17, 15) is 9.18 Å². The first kappa shape index (κ1) is 28.8. The van der Waals surface area contributed by atoms with Crippen LogP contribution in [-0.2, 0) is 16.1 Å². The van der Waals surface area contributed by atoms with Crippen LogP contribution in [0.2, 0.25) is 5.02 Å². The van der Waals surface area contributed by atoms with Gasteiger partial charge in [-0.05, 0) is 55.3 Å². The van der Waals surface area contributed by atoms with Crippen molar-refractivity contribution < 1.29 is 23.4 Å². The number of pyridine rings is 1. The van der Waals surface area contributed by atoms with Crippen LogP contribution in [0.5, 0.6) is 11.5 Å². The van der Waals surface area contributed by atoms with Gasteiger partial charge in [-0.15, -0.1) is 0 Å². The van der Waals surface area contributed by atoms with Crippen LogP contribution in [0.25, 0.3) is 10.9 Å². The molecule has 0 aliphatic carbocycles. The van der Waals surface area contributed by atoms with Crippen molar-refractivity contribution in [3.63, 3.8) is 0 Å². The Labute approximate surface area is 252 Å². The molecule has 12 heteroatoms. The van der Waals surface area contributed by atoms with E-state index in [1.165, 1.54) is 18.5 Å². The first-order valence-corrected chi connectivity index (χ1v) is 14.3. The summed E-state index contributed by atoms with van der Waals surface area (Å²) in [4.78, 5) is 27.3. The van der Waals surface area contributed by atoms with Gasteiger partial charge in [0.05, 0.1) is 41.2 Å². The number of likely N-dealkylation sites (tertiary alicyclic amines) is 1. The van der Waals surface area contributed by atoms with Gasteiger partial charge in [0.1, 0.15) is 30.3 Å². The number of amides is 1. The zero-order chi connectivity index (χ0) is 29.8. The largest absolute Gasteiger partial charge is 0.491 e. The van der Waals surface area contributed by atoms with Crippen LogP contribution < -0.4 is 20.1 Å². The molecule has 2 aliphatic rings. The second-order valence-corrected chi connectivity index (χ2v) is 10.7. The van der Waals surface area contributed by atoms with Crippen molar-refractivity contribution in [3.8, 4) is 11.5 Å². The van der Waals surface area contributed by atoms with Gasteiger partial charge in [0.2, 0.25) is 11.9 Å². The molecule has 2 N–H and O–H groups in total. The van der Waals surface area contributed by atoms with Gasteiger partial charge in [0.25, 0.3) is 0 Å². The number of nitrogens with one attached hydrogen (secondary N) is 2. The molecule has 0 spiro atoms. The Kier molecular flexibility index (Phi) is 8.64. The third-order valence-electron chi connectivity index (χ3n) is 7.38. The standard InChI is InChI=1S/C31H30ClFN6O4/c1-2-30(40)38-26-13-23-25(14-28(26)41-10-4-9-39-15-22-12-21(39)17-42-22)34-18-35-31(23)37-19-7-8-27(24(32)11-19)43-16-20-5-3-6-29(33)36-20/h2-3,5-8,11,13-14,18,21-22H,1,4,9-10,12,15-17H2,(H,38,40)(H,34,35,37)/t21-,22-/m1/s1. The lowest BCUT2D eigenvalue weighted by Gasteiger charge is -2.26. The van der Waals surface area contributed by atoms with E-state index in [0.29, 0.717) is 69.1 Å². The van der Waals surface area contributed by atoms with Crippen LogP contribution in [0.1, 0.15) is 18.5 Å². The van der Waals surface area contributed by atoms with Gasteiger partial charge in [-0.2, -0.15) is 4.39 Å². The summed E-state index contributed by atoms with van der Waals surface area (Å²) < 4.78 is 30.9. The maximum atomic E-state index is 13.4. The normalized spacial score (nSPS) is 17.6. The van der Waals surface area contributed by atoms with Crippen LogP contribution in [0.3, 0.4) is 0 Å². The van der Waals surface area contributed by atoms with E-state index in [1.807, 2.05) is 0 Å². The molecule has 2 aromatic carbocycles. The first-order valence-electron chi connectivity index (χ1n) is 14.0. The van der Waals surface area contributed by atoms with E-state index in [2.05, 4.69) is 37.1 Å². The minimum absolute atomic E-state index is 0.0681. The summed E-state index contributed by atoms with van der Waals surface area (Å²) in [6, 6.07) is 13.8. The van der Waals surface area contributed by atoms with E-state index in [4.69, 9.17) is 25.8 Å². The molecule has 43 heavy (non-hydrogen) atoms. The lowest BCUT2D eigenvalue weighted by Crippen LogP contribution is -2.37. The molecule has 2 fully saturated rings. The summed E-state index contributed by atoms with van der Waals surface area (Å²) in [5, 5.41) is 7.11. The van der Waals surface area contributed by atoms with Crippen molar-refractivity contribution >= 4 is 45.6 Å². The molecule has 0 unspecified atom stereocenters. The summed E-state index contributed by atoms with van der Waals surface area (Å²) in [6.07, 6.45) is 4.96. The van der Waals surface area contributed by atoms with E-state index < -0.39 is 5.95 Å². The number of ether oxygens (including phenoxy) is 3. The number of carbonyl (C=O) groups is 1. The van der Waals surface area contributed by atoms with Gasteiger partial charge in [-0.1, -0.05) is 24.2 Å². The van der Waals surface area contributed by atoms with Crippen molar-refractivity contribution in [2.24, 2.45) is 0 Å². The molecular weight excluding hydrogens is 575 g/mol. The SMILES string of the molecule is C=CC(=O)Nc1cc2c(Nc3ccc(OCc4cccc(F)n4)c(Cl)c3)ncnc2cc1OCCCN1C[C@H]2C[C@@H]1CO2. The monoisotopic (exact) mass is 604 g/mol. The number of morpholine rings is 1. The Balaban J connectivity index is 1.16. The molecule has 1 amide bonds. The molecule has 6 rings (SSSR count). The fourth-order valence-electron chi connectivity index (χ4n) is 5.30. The highest BCUT2D eigenvalue weighted by Crippen LogP contribution is 2.35. The molecule has 0 saturated carbocycles. The van der Waals surface area contributed by atoms with E-state index >= 15 is 0 Å². The van der Waals surface area contributed by atoms with Crippen molar-refractivity contribution in [1.82, 2.24) is 19.9 Å². The number of nitrogens with zero attached hydrogens (tertiary/aromatic N) is 4. The van der Waals surface area contributed by atoms with Gasteiger partial charge < -0.3 is 24.8 Å². The highest BCUT2D eigenvalue weighted by molar-refractivity contribution is 6.32. The maximum absolute atomic E-state index is 13.4. The number of benzene rings is 2. The van der Waals surface area contributed by atoms with Crippen LogP contribution in [-0.4, -0.2) is 64.2 Å². The van der Waals surface area contributed by atoms with Crippen molar-refractivity contribution in [2.75, 3.05) is 36.9 Å². The minimum Gasteiger partial charge on any atom is -0.491 e. The van der Waals surface area contributed by atoms with Crippen LogP contribution in [0.4, 0.5) is 21.6 Å². The number of rotatable bonds is 12. The molecule has 2 saturated heterocycles. The quantitative estimate of drug-likeness (QED) is 0.123. The van der Waals surface area contributed by atoms with Crippen LogP contribution in [0.15, 0.2) is 67.5 Å². The Hall–Kier alpha value is -4.32. The number of anilines is 3. The van der Waals surface area contributed by atoms with Crippen LogP contribution in [0, 0.1) is 5.95 Å². The van der Waals surface area contributed by atoms with Crippen molar-refractivity contribution in [2.45, 2.75) is 31.6 Å². The molecule has 222 valence electrons. The molecule has 10 nitrogen and oxygen atoms in total. The van der Waals surface area contributed by atoms with Gasteiger partial charge in [0.15, 0.2) is 0 Å². The molecule has 4 heterocycles. The number of hydrogen-bond acceptors (Lipinski definition) is 9. The number of hydrogen-bond donors (Lipinski definition) is 2. The predicted octanol–water partition coefficient (Wildman–Crippen LogP) is 5.51. The summed E-state index contributed by atoms with van der Waals surface area (Å²) in [5.74, 6) is 0.503. The zero-order valence-corrected chi connectivity index (χ0v) is 24.0. The zero-order valence-electron chi connectivity index (χ0n) is 23.3. The fraction of sp³-hybridized carbons (Fsp3) is 0.290. The fourth-order valence-corrected chi connectivity index (χ4v) is 5.54. The van der Waals surface area contributed by atoms with Gasteiger partial charge >= 0.3 is 0 Å². The van der Waals surface area contributed by atoms with E-state index in [-0.39, 0.29) is 12.5 Å². The van der Waals surface area contributed by atoms with Crippen LogP contribution >= 0.6 is 11.6 Å². The number of aromatic nitrogens is 3. The Morgan fingerprint density at radius 2 is 2.09 bits per heavy atom. The first-order chi connectivity index (χ1) is 20.9.